The fourth-order valence-corrected chi connectivity index (χ4v) is 3.97. The monoisotopic (exact) mass is 394 g/mol. The minimum atomic E-state index is -4.57. The third kappa shape index (κ3) is 3.40. The molecule has 1 aromatic carbocycles. The molecule has 0 aromatic heterocycles. The summed E-state index contributed by atoms with van der Waals surface area (Å²) in [7, 11) is 0. The Labute approximate surface area is 160 Å². The van der Waals surface area contributed by atoms with Gasteiger partial charge in [0.15, 0.2) is 5.78 Å². The minimum Gasteiger partial charge on any atom is -0.370 e. The number of ketones is 1. The Hall–Kier alpha value is -2.38. The normalized spacial score (nSPS) is 25.3. The van der Waals surface area contributed by atoms with E-state index in [1.807, 2.05) is 0 Å². The highest BCUT2D eigenvalue weighted by Crippen LogP contribution is 2.41. The van der Waals surface area contributed by atoms with Crippen molar-refractivity contribution in [1.29, 1.82) is 0 Å². The van der Waals surface area contributed by atoms with E-state index >= 15 is 0 Å². The van der Waals surface area contributed by atoms with Crippen LogP contribution in [0.4, 0.5) is 13.2 Å². The summed E-state index contributed by atoms with van der Waals surface area (Å²) in [5.41, 5.74) is -2.90. The highest BCUT2D eigenvalue weighted by atomic mass is 19.4. The lowest BCUT2D eigenvalue weighted by molar-refractivity contribution is -0.157. The maximum atomic E-state index is 13.4. The van der Waals surface area contributed by atoms with Crippen LogP contribution in [-0.2, 0) is 20.6 Å². The van der Waals surface area contributed by atoms with Gasteiger partial charge < -0.3 is 10.2 Å². The summed E-state index contributed by atoms with van der Waals surface area (Å²) in [6, 6.07) is 4.97. The first-order valence-electron chi connectivity index (χ1n) is 9.58. The van der Waals surface area contributed by atoms with Crippen LogP contribution in [0.15, 0.2) is 29.4 Å². The van der Waals surface area contributed by atoms with Gasteiger partial charge in [-0.15, -0.1) is 0 Å². The van der Waals surface area contributed by atoms with Crippen LogP contribution in [0.3, 0.4) is 0 Å². The number of Topliss-reactive ketones (excluding diaryl/α,β-unsaturated/α-hetero) is 1. The first-order chi connectivity index (χ1) is 13.3. The van der Waals surface area contributed by atoms with Crippen molar-refractivity contribution in [3.05, 3.63) is 35.4 Å². The summed E-state index contributed by atoms with van der Waals surface area (Å²) >= 11 is 0. The van der Waals surface area contributed by atoms with Crippen molar-refractivity contribution in [2.75, 3.05) is 0 Å². The van der Waals surface area contributed by atoms with Crippen molar-refractivity contribution in [3.8, 4) is 0 Å². The number of hydrogen-bond acceptors (Lipinski definition) is 4. The molecule has 1 heterocycles. The van der Waals surface area contributed by atoms with Gasteiger partial charge in [0.1, 0.15) is 0 Å². The molecule has 1 N–H and O–H groups in total. The van der Waals surface area contributed by atoms with E-state index in [2.05, 4.69) is 10.5 Å². The Morgan fingerprint density at radius 2 is 1.79 bits per heavy atom. The molecule has 28 heavy (non-hydrogen) atoms. The molecule has 1 aliphatic heterocycles. The third-order valence-corrected chi connectivity index (χ3v) is 5.67. The lowest BCUT2D eigenvalue weighted by Crippen LogP contribution is -2.55. The fraction of sp³-hybridized carbons (Fsp3) is 0.550. The SMILES string of the molecule is O=C(NC1CCCC1)C1(C(=O)C2CC2)CC(c2ccccc2C(F)(F)F)=NO1. The number of oxime groups is 1. The average Bonchev–Trinajstić information content (AvgIpc) is 3.20. The second-order valence-corrected chi connectivity index (χ2v) is 7.77. The van der Waals surface area contributed by atoms with Gasteiger partial charge in [-0.3, -0.25) is 9.59 Å². The Bertz CT molecular complexity index is 826. The molecule has 0 bridgehead atoms. The summed E-state index contributed by atoms with van der Waals surface area (Å²) in [6.07, 6.45) is 0.107. The van der Waals surface area contributed by atoms with E-state index in [0.29, 0.717) is 12.8 Å². The van der Waals surface area contributed by atoms with E-state index < -0.39 is 23.2 Å². The number of hydrogen-bond donors (Lipinski definition) is 1. The molecular formula is C20H21F3N2O3. The number of carbonyl (C=O) groups is 2. The van der Waals surface area contributed by atoms with Crippen molar-refractivity contribution >= 4 is 17.4 Å². The van der Waals surface area contributed by atoms with Gasteiger partial charge in [0.2, 0.25) is 0 Å². The Morgan fingerprint density at radius 1 is 1.11 bits per heavy atom. The first kappa shape index (κ1) is 19.0. The molecular weight excluding hydrogens is 373 g/mol. The highest BCUT2D eigenvalue weighted by molar-refractivity contribution is 6.18. The summed E-state index contributed by atoms with van der Waals surface area (Å²) in [4.78, 5) is 31.3. The molecule has 1 atom stereocenters. The smallest absolute Gasteiger partial charge is 0.370 e. The zero-order valence-corrected chi connectivity index (χ0v) is 15.2. The Morgan fingerprint density at radius 3 is 2.43 bits per heavy atom. The van der Waals surface area contributed by atoms with Crippen LogP contribution in [0.25, 0.3) is 0 Å². The van der Waals surface area contributed by atoms with Crippen molar-refractivity contribution in [2.24, 2.45) is 11.1 Å². The van der Waals surface area contributed by atoms with Crippen LogP contribution in [0.2, 0.25) is 0 Å². The molecule has 0 radical (unpaired) electrons. The molecule has 0 spiro atoms. The van der Waals surface area contributed by atoms with Crippen LogP contribution in [0, 0.1) is 5.92 Å². The number of rotatable bonds is 5. The van der Waals surface area contributed by atoms with E-state index in [4.69, 9.17) is 4.84 Å². The fourth-order valence-electron chi connectivity index (χ4n) is 3.97. The van der Waals surface area contributed by atoms with Crippen LogP contribution in [-0.4, -0.2) is 29.0 Å². The zero-order valence-electron chi connectivity index (χ0n) is 15.2. The molecule has 0 saturated heterocycles. The summed E-state index contributed by atoms with van der Waals surface area (Å²) < 4.78 is 40.1. The number of nitrogens with zero attached hydrogens (tertiary/aromatic N) is 1. The quantitative estimate of drug-likeness (QED) is 0.776. The van der Waals surface area contributed by atoms with Gasteiger partial charge in [0, 0.05) is 17.5 Å². The standard InChI is InChI=1S/C20H21F3N2O3/c21-20(22,23)15-8-4-3-7-14(15)16-11-19(28-25-16,17(26)12-9-10-12)18(27)24-13-5-1-2-6-13/h3-4,7-8,12-13H,1-2,5-6,9-11H2,(H,24,27). The molecule has 5 nitrogen and oxygen atoms in total. The van der Waals surface area contributed by atoms with Crippen molar-refractivity contribution in [2.45, 2.75) is 62.8 Å². The first-order valence-corrected chi connectivity index (χ1v) is 9.58. The van der Waals surface area contributed by atoms with E-state index in [-0.39, 0.29) is 35.4 Å². The number of carbonyl (C=O) groups excluding carboxylic acids is 2. The van der Waals surface area contributed by atoms with Gasteiger partial charge in [-0.1, -0.05) is 36.2 Å². The second kappa shape index (κ2) is 6.90. The minimum absolute atomic E-state index is 0.0245. The molecule has 1 unspecified atom stereocenters. The number of halogens is 3. The van der Waals surface area contributed by atoms with E-state index in [9.17, 15) is 22.8 Å². The van der Waals surface area contributed by atoms with E-state index in [1.54, 1.807) is 0 Å². The van der Waals surface area contributed by atoms with Gasteiger partial charge in [-0.05, 0) is 31.7 Å². The zero-order chi connectivity index (χ0) is 19.9. The van der Waals surface area contributed by atoms with Crippen molar-refractivity contribution < 1.29 is 27.6 Å². The topological polar surface area (TPSA) is 67.8 Å². The molecule has 3 aliphatic rings. The lowest BCUT2D eigenvalue weighted by atomic mass is 9.85. The number of nitrogens with one attached hydrogen (secondary N) is 1. The largest absolute Gasteiger partial charge is 0.417 e. The molecule has 2 fully saturated rings. The van der Waals surface area contributed by atoms with Gasteiger partial charge in [-0.2, -0.15) is 13.2 Å². The molecule has 8 heteroatoms. The second-order valence-electron chi connectivity index (χ2n) is 7.77. The molecule has 1 aromatic rings. The summed E-state index contributed by atoms with van der Waals surface area (Å²) in [5.74, 6) is -1.26. The van der Waals surface area contributed by atoms with Crippen LogP contribution in [0.5, 0.6) is 0 Å². The average molecular weight is 394 g/mol. The van der Waals surface area contributed by atoms with Crippen LogP contribution in [0.1, 0.15) is 56.1 Å². The highest BCUT2D eigenvalue weighted by Gasteiger charge is 2.58. The van der Waals surface area contributed by atoms with E-state index in [0.717, 1.165) is 31.7 Å². The summed E-state index contributed by atoms with van der Waals surface area (Å²) in [5, 5.41) is 6.66. The lowest BCUT2D eigenvalue weighted by Gasteiger charge is -2.26. The predicted molar refractivity (Wildman–Crippen MR) is 94.5 cm³/mol. The summed E-state index contributed by atoms with van der Waals surface area (Å²) in [6.45, 7) is 0. The Kier molecular flexibility index (Phi) is 4.67. The number of benzene rings is 1. The van der Waals surface area contributed by atoms with Crippen molar-refractivity contribution in [1.82, 2.24) is 5.32 Å². The number of alkyl halides is 3. The maximum absolute atomic E-state index is 13.4. The molecule has 1 amide bonds. The van der Waals surface area contributed by atoms with Crippen LogP contribution < -0.4 is 5.32 Å². The molecule has 4 rings (SSSR count). The molecule has 2 aliphatic carbocycles. The molecule has 2 saturated carbocycles. The number of amides is 1. The third-order valence-electron chi connectivity index (χ3n) is 5.67. The Balaban J connectivity index is 1.62. The molecule has 150 valence electrons. The van der Waals surface area contributed by atoms with Gasteiger partial charge in [0.05, 0.1) is 17.7 Å². The van der Waals surface area contributed by atoms with Gasteiger partial charge in [0.25, 0.3) is 11.5 Å². The predicted octanol–water partition coefficient (Wildman–Crippen LogP) is 3.61. The van der Waals surface area contributed by atoms with Gasteiger partial charge in [-0.25, -0.2) is 0 Å². The van der Waals surface area contributed by atoms with Crippen molar-refractivity contribution in [3.63, 3.8) is 0 Å². The maximum Gasteiger partial charge on any atom is 0.417 e. The van der Waals surface area contributed by atoms with Gasteiger partial charge >= 0.3 is 6.18 Å². The van der Waals surface area contributed by atoms with E-state index in [1.165, 1.54) is 18.2 Å². The van der Waals surface area contributed by atoms with Crippen LogP contribution >= 0.6 is 0 Å².